The average molecular weight is 331 g/mol. The molecule has 0 bridgehead atoms. The van der Waals surface area contributed by atoms with E-state index in [9.17, 15) is 0 Å². The van der Waals surface area contributed by atoms with E-state index in [4.69, 9.17) is 9.47 Å². The minimum Gasteiger partial charge on any atom is -0.491 e. The first-order valence-corrected chi connectivity index (χ1v) is 9.53. The Kier molecular flexibility index (Phi) is 7.84. The number of hydrogen-bond acceptors (Lipinski definition) is 2. The lowest BCUT2D eigenvalue weighted by Crippen LogP contribution is -2.28. The molecule has 1 fully saturated rings. The molecular formula is C22H34O2. The molecule has 1 aromatic rings. The Labute approximate surface area is 148 Å². The summed E-state index contributed by atoms with van der Waals surface area (Å²) in [5.41, 5.74) is 1.11. The second-order valence-electron chi connectivity index (χ2n) is 7.61. The summed E-state index contributed by atoms with van der Waals surface area (Å²) in [5, 5.41) is 0. The van der Waals surface area contributed by atoms with Crippen molar-refractivity contribution >= 4 is 6.08 Å². The van der Waals surface area contributed by atoms with Crippen molar-refractivity contribution in [2.45, 2.75) is 46.5 Å². The molecule has 2 heteroatoms. The van der Waals surface area contributed by atoms with Gasteiger partial charge in [0, 0.05) is 6.61 Å². The molecule has 3 atom stereocenters. The van der Waals surface area contributed by atoms with E-state index in [-0.39, 0.29) is 0 Å². The fourth-order valence-corrected chi connectivity index (χ4v) is 3.99. The van der Waals surface area contributed by atoms with E-state index in [1.165, 1.54) is 25.7 Å². The highest BCUT2D eigenvalue weighted by Gasteiger charge is 2.30. The highest BCUT2D eigenvalue weighted by atomic mass is 16.5. The summed E-state index contributed by atoms with van der Waals surface area (Å²) in [6.45, 7) is 13.0. The summed E-state index contributed by atoms with van der Waals surface area (Å²) in [4.78, 5) is 0. The summed E-state index contributed by atoms with van der Waals surface area (Å²) in [5.74, 6) is 4.28. The predicted octanol–water partition coefficient (Wildman–Crippen LogP) is 5.82. The van der Waals surface area contributed by atoms with E-state index in [0.29, 0.717) is 13.2 Å². The van der Waals surface area contributed by atoms with Crippen molar-refractivity contribution in [2.24, 2.45) is 23.7 Å². The largest absolute Gasteiger partial charge is 0.491 e. The molecule has 1 aromatic carbocycles. The molecule has 1 saturated carbocycles. The maximum Gasteiger partial charge on any atom is 0.119 e. The molecule has 3 unspecified atom stereocenters. The maximum atomic E-state index is 5.83. The van der Waals surface area contributed by atoms with Gasteiger partial charge in [-0.1, -0.05) is 52.0 Å². The normalized spacial score (nSPS) is 24.1. The van der Waals surface area contributed by atoms with Gasteiger partial charge in [-0.3, -0.25) is 0 Å². The van der Waals surface area contributed by atoms with Crippen LogP contribution in [0.2, 0.25) is 0 Å². The third-order valence-corrected chi connectivity index (χ3v) is 5.40. The molecule has 1 aliphatic carbocycles. The molecule has 0 heterocycles. The quantitative estimate of drug-likeness (QED) is 0.531. The van der Waals surface area contributed by atoms with Gasteiger partial charge in [0.2, 0.25) is 0 Å². The van der Waals surface area contributed by atoms with E-state index in [1.54, 1.807) is 0 Å². The molecule has 24 heavy (non-hydrogen) atoms. The number of ether oxygens (including phenoxy) is 2. The number of benzene rings is 1. The zero-order valence-corrected chi connectivity index (χ0v) is 15.7. The molecule has 0 radical (unpaired) electrons. The van der Waals surface area contributed by atoms with Crippen LogP contribution in [0.4, 0.5) is 0 Å². The first-order valence-electron chi connectivity index (χ1n) is 9.53. The van der Waals surface area contributed by atoms with Gasteiger partial charge < -0.3 is 9.47 Å². The highest BCUT2D eigenvalue weighted by Crippen LogP contribution is 2.39. The van der Waals surface area contributed by atoms with Crippen LogP contribution < -0.4 is 4.74 Å². The van der Waals surface area contributed by atoms with Crippen LogP contribution in [0.25, 0.3) is 6.08 Å². The number of rotatable bonds is 9. The minimum atomic E-state index is 0.613. The molecule has 2 nitrogen and oxygen atoms in total. The molecule has 1 aliphatic rings. The molecular weight excluding hydrogens is 296 g/mol. The SMILES string of the molecule is C=Cc1ccc(OCCOCCC2CC(C)CCC2C(C)C)cc1. The molecule has 0 aliphatic heterocycles. The van der Waals surface area contributed by atoms with Crippen molar-refractivity contribution in [3.63, 3.8) is 0 Å². The number of hydrogen-bond donors (Lipinski definition) is 0. The van der Waals surface area contributed by atoms with Crippen LogP contribution in [-0.2, 0) is 4.74 Å². The van der Waals surface area contributed by atoms with E-state index in [1.807, 2.05) is 30.3 Å². The van der Waals surface area contributed by atoms with Crippen molar-refractivity contribution < 1.29 is 9.47 Å². The summed E-state index contributed by atoms with van der Waals surface area (Å²) in [7, 11) is 0. The van der Waals surface area contributed by atoms with Crippen LogP contribution >= 0.6 is 0 Å². The topological polar surface area (TPSA) is 18.5 Å². The smallest absolute Gasteiger partial charge is 0.119 e. The minimum absolute atomic E-state index is 0.613. The Morgan fingerprint density at radius 2 is 1.88 bits per heavy atom. The van der Waals surface area contributed by atoms with Gasteiger partial charge in [-0.2, -0.15) is 0 Å². The Morgan fingerprint density at radius 3 is 2.54 bits per heavy atom. The van der Waals surface area contributed by atoms with Crippen LogP contribution in [0.15, 0.2) is 30.8 Å². The molecule has 0 aromatic heterocycles. The standard InChI is InChI=1S/C22H34O2/c1-5-19-7-9-21(10-8-19)24-15-14-23-13-12-20-16-18(4)6-11-22(20)17(2)3/h5,7-10,17-18,20,22H,1,6,11-16H2,2-4H3. The zero-order chi connectivity index (χ0) is 17.4. The molecule has 134 valence electrons. The molecule has 0 saturated heterocycles. The lowest BCUT2D eigenvalue weighted by atomic mass is 9.69. The third kappa shape index (κ3) is 5.98. The summed E-state index contributed by atoms with van der Waals surface area (Å²) in [6, 6.07) is 7.99. The van der Waals surface area contributed by atoms with Crippen molar-refractivity contribution in [3.8, 4) is 5.75 Å². The van der Waals surface area contributed by atoms with Crippen molar-refractivity contribution in [1.82, 2.24) is 0 Å². The Hall–Kier alpha value is -1.28. The second kappa shape index (κ2) is 9.88. The monoisotopic (exact) mass is 330 g/mol. The van der Waals surface area contributed by atoms with Gasteiger partial charge in [-0.25, -0.2) is 0 Å². The Bertz CT molecular complexity index is 477. The third-order valence-electron chi connectivity index (χ3n) is 5.40. The van der Waals surface area contributed by atoms with Crippen LogP contribution in [0, 0.1) is 23.7 Å². The van der Waals surface area contributed by atoms with Gasteiger partial charge in [0.05, 0.1) is 6.61 Å². The highest BCUT2D eigenvalue weighted by molar-refractivity contribution is 5.48. The lowest BCUT2D eigenvalue weighted by Gasteiger charge is -2.37. The van der Waals surface area contributed by atoms with Crippen LogP contribution in [0.5, 0.6) is 5.75 Å². The molecule has 0 spiro atoms. The molecule has 0 amide bonds. The van der Waals surface area contributed by atoms with Crippen LogP contribution in [0.3, 0.4) is 0 Å². The van der Waals surface area contributed by atoms with Crippen molar-refractivity contribution in [1.29, 1.82) is 0 Å². The lowest BCUT2D eigenvalue weighted by molar-refractivity contribution is 0.0613. The van der Waals surface area contributed by atoms with Crippen molar-refractivity contribution in [2.75, 3.05) is 19.8 Å². The van der Waals surface area contributed by atoms with Crippen LogP contribution in [-0.4, -0.2) is 19.8 Å². The van der Waals surface area contributed by atoms with E-state index in [2.05, 4.69) is 27.4 Å². The van der Waals surface area contributed by atoms with Gasteiger partial charge in [0.1, 0.15) is 12.4 Å². The molecule has 0 N–H and O–H groups in total. The Morgan fingerprint density at radius 1 is 1.12 bits per heavy atom. The predicted molar refractivity (Wildman–Crippen MR) is 102 cm³/mol. The van der Waals surface area contributed by atoms with Crippen molar-refractivity contribution in [3.05, 3.63) is 36.4 Å². The summed E-state index contributed by atoms with van der Waals surface area (Å²) in [6.07, 6.45) is 7.20. The first kappa shape index (κ1) is 19.1. The van der Waals surface area contributed by atoms with Gasteiger partial charge in [-0.15, -0.1) is 0 Å². The molecule has 2 rings (SSSR count). The van der Waals surface area contributed by atoms with Gasteiger partial charge in [0.15, 0.2) is 0 Å². The average Bonchev–Trinajstić information content (AvgIpc) is 2.58. The van der Waals surface area contributed by atoms with Gasteiger partial charge in [-0.05, 0) is 60.6 Å². The Balaban J connectivity index is 1.62. The van der Waals surface area contributed by atoms with Gasteiger partial charge >= 0.3 is 0 Å². The second-order valence-corrected chi connectivity index (χ2v) is 7.61. The fourth-order valence-electron chi connectivity index (χ4n) is 3.99. The maximum absolute atomic E-state index is 5.83. The first-order chi connectivity index (χ1) is 11.6. The fraction of sp³-hybridized carbons (Fsp3) is 0.636. The zero-order valence-electron chi connectivity index (χ0n) is 15.7. The van der Waals surface area contributed by atoms with E-state index < -0.39 is 0 Å². The summed E-state index contributed by atoms with van der Waals surface area (Å²) < 4.78 is 11.5. The van der Waals surface area contributed by atoms with Gasteiger partial charge in [0.25, 0.3) is 0 Å². The van der Waals surface area contributed by atoms with E-state index >= 15 is 0 Å². The van der Waals surface area contributed by atoms with Crippen LogP contribution in [0.1, 0.15) is 52.0 Å². The van der Waals surface area contributed by atoms with E-state index in [0.717, 1.165) is 41.6 Å². The summed E-state index contributed by atoms with van der Waals surface area (Å²) >= 11 is 0.